The first-order valence-corrected chi connectivity index (χ1v) is 9.51. The predicted octanol–water partition coefficient (Wildman–Crippen LogP) is 3.55. The van der Waals surface area contributed by atoms with Gasteiger partial charge in [0.2, 0.25) is 5.91 Å². The van der Waals surface area contributed by atoms with E-state index in [1.807, 2.05) is 31.2 Å². The van der Waals surface area contributed by atoms with Crippen LogP contribution in [0, 0.1) is 0 Å². The molecule has 0 saturated heterocycles. The SMILES string of the molecule is CCNC(=NCc1ccccc1OC(F)F)NCC(=O)N1CCc2ccccc21.I. The van der Waals surface area contributed by atoms with Crippen LogP contribution in [0.25, 0.3) is 0 Å². The number of carbonyl (C=O) groups excluding carboxylic acids is 1. The maximum absolute atomic E-state index is 12.6. The van der Waals surface area contributed by atoms with Crippen molar-refractivity contribution in [2.24, 2.45) is 4.99 Å². The summed E-state index contributed by atoms with van der Waals surface area (Å²) in [6, 6.07) is 14.4. The lowest BCUT2D eigenvalue weighted by molar-refractivity contribution is -0.117. The number of nitrogens with zero attached hydrogens (tertiary/aromatic N) is 2. The second kappa shape index (κ2) is 11.7. The number of aliphatic imine (C=N–C) groups is 1. The molecule has 2 N–H and O–H groups in total. The summed E-state index contributed by atoms with van der Waals surface area (Å²) in [4.78, 5) is 18.8. The van der Waals surface area contributed by atoms with Crippen molar-refractivity contribution in [3.63, 3.8) is 0 Å². The summed E-state index contributed by atoms with van der Waals surface area (Å²) >= 11 is 0. The minimum atomic E-state index is -2.90. The van der Waals surface area contributed by atoms with Gasteiger partial charge < -0.3 is 20.3 Å². The number of benzene rings is 2. The van der Waals surface area contributed by atoms with E-state index in [4.69, 9.17) is 0 Å². The molecule has 1 aliphatic rings. The Bertz CT molecular complexity index is 880. The number of para-hydroxylation sites is 2. The molecule has 2 aromatic rings. The average Bonchev–Trinajstić information content (AvgIpc) is 3.14. The number of hydrogen-bond acceptors (Lipinski definition) is 3. The van der Waals surface area contributed by atoms with E-state index < -0.39 is 6.61 Å². The number of carbonyl (C=O) groups is 1. The molecule has 0 bridgehead atoms. The summed E-state index contributed by atoms with van der Waals surface area (Å²) in [6.45, 7) is 0.485. The van der Waals surface area contributed by atoms with Crippen molar-refractivity contribution in [3.8, 4) is 5.75 Å². The third-order valence-corrected chi connectivity index (χ3v) is 4.54. The van der Waals surface area contributed by atoms with Crippen LogP contribution in [0.1, 0.15) is 18.1 Å². The van der Waals surface area contributed by atoms with Gasteiger partial charge in [-0.15, -0.1) is 24.0 Å². The highest BCUT2D eigenvalue weighted by Gasteiger charge is 2.23. The molecule has 1 aliphatic heterocycles. The lowest BCUT2D eigenvalue weighted by Crippen LogP contribution is -2.44. The normalized spacial score (nSPS) is 12.9. The first-order valence-electron chi connectivity index (χ1n) is 9.51. The highest BCUT2D eigenvalue weighted by atomic mass is 127. The van der Waals surface area contributed by atoms with E-state index in [9.17, 15) is 13.6 Å². The monoisotopic (exact) mass is 530 g/mol. The molecular formula is C21H25F2IN4O2. The maximum atomic E-state index is 12.6. The molecule has 0 aromatic heterocycles. The molecule has 6 nitrogen and oxygen atoms in total. The highest BCUT2D eigenvalue weighted by Crippen LogP contribution is 2.27. The molecule has 3 rings (SSSR count). The fourth-order valence-corrected chi connectivity index (χ4v) is 3.20. The molecule has 2 aromatic carbocycles. The number of nitrogens with one attached hydrogen (secondary N) is 2. The molecule has 0 radical (unpaired) electrons. The zero-order valence-electron chi connectivity index (χ0n) is 16.6. The highest BCUT2D eigenvalue weighted by molar-refractivity contribution is 14.0. The van der Waals surface area contributed by atoms with E-state index >= 15 is 0 Å². The Labute approximate surface area is 191 Å². The number of hydrogen-bond donors (Lipinski definition) is 2. The fraction of sp³-hybridized carbons (Fsp3) is 0.333. The zero-order chi connectivity index (χ0) is 20.6. The zero-order valence-corrected chi connectivity index (χ0v) is 18.9. The van der Waals surface area contributed by atoms with Gasteiger partial charge in [-0.05, 0) is 31.0 Å². The number of fused-ring (bicyclic) bond motifs is 1. The van der Waals surface area contributed by atoms with E-state index in [1.165, 1.54) is 6.07 Å². The number of amides is 1. The van der Waals surface area contributed by atoms with Gasteiger partial charge in [0.05, 0.1) is 13.1 Å². The number of guanidine groups is 1. The third kappa shape index (κ3) is 6.28. The Balaban J connectivity index is 0.00000320. The van der Waals surface area contributed by atoms with E-state index in [-0.39, 0.29) is 48.7 Å². The van der Waals surface area contributed by atoms with Gasteiger partial charge in [-0.3, -0.25) is 4.79 Å². The van der Waals surface area contributed by atoms with Crippen LogP contribution >= 0.6 is 24.0 Å². The van der Waals surface area contributed by atoms with Crippen molar-refractivity contribution in [1.82, 2.24) is 10.6 Å². The van der Waals surface area contributed by atoms with Gasteiger partial charge in [-0.1, -0.05) is 36.4 Å². The minimum absolute atomic E-state index is 0. The van der Waals surface area contributed by atoms with Crippen LogP contribution in [-0.4, -0.2) is 38.1 Å². The lowest BCUT2D eigenvalue weighted by Gasteiger charge is -2.19. The molecule has 1 heterocycles. The van der Waals surface area contributed by atoms with Gasteiger partial charge >= 0.3 is 6.61 Å². The van der Waals surface area contributed by atoms with E-state index in [1.54, 1.807) is 23.1 Å². The minimum Gasteiger partial charge on any atom is -0.434 e. The third-order valence-electron chi connectivity index (χ3n) is 4.54. The summed E-state index contributed by atoms with van der Waals surface area (Å²) in [7, 11) is 0. The van der Waals surface area contributed by atoms with Gasteiger partial charge in [0.15, 0.2) is 5.96 Å². The first-order chi connectivity index (χ1) is 14.1. The van der Waals surface area contributed by atoms with Crippen LogP contribution in [0.15, 0.2) is 53.5 Å². The van der Waals surface area contributed by atoms with Crippen molar-refractivity contribution >= 4 is 41.5 Å². The molecule has 0 saturated carbocycles. The van der Waals surface area contributed by atoms with Gasteiger partial charge in [0.1, 0.15) is 5.75 Å². The van der Waals surface area contributed by atoms with Crippen LogP contribution in [0.5, 0.6) is 5.75 Å². The topological polar surface area (TPSA) is 66.0 Å². The van der Waals surface area contributed by atoms with Gasteiger partial charge in [0, 0.05) is 24.3 Å². The van der Waals surface area contributed by atoms with Crippen LogP contribution in [-0.2, 0) is 17.8 Å². The second-order valence-electron chi connectivity index (χ2n) is 6.46. The molecule has 0 aliphatic carbocycles. The molecular weight excluding hydrogens is 505 g/mol. The van der Waals surface area contributed by atoms with Crippen molar-refractivity contribution in [2.45, 2.75) is 26.5 Å². The summed E-state index contributed by atoms with van der Waals surface area (Å²) in [5.41, 5.74) is 2.64. The Morgan fingerprint density at radius 2 is 1.90 bits per heavy atom. The van der Waals surface area contributed by atoms with Gasteiger partial charge in [-0.2, -0.15) is 8.78 Å². The fourth-order valence-electron chi connectivity index (χ4n) is 3.20. The van der Waals surface area contributed by atoms with Crippen LogP contribution in [0.3, 0.4) is 0 Å². The molecule has 9 heteroatoms. The Morgan fingerprint density at radius 3 is 2.67 bits per heavy atom. The van der Waals surface area contributed by atoms with Gasteiger partial charge in [0.25, 0.3) is 0 Å². The Morgan fingerprint density at radius 1 is 1.17 bits per heavy atom. The summed E-state index contributed by atoms with van der Waals surface area (Å²) in [5.74, 6) is 0.467. The van der Waals surface area contributed by atoms with Gasteiger partial charge in [-0.25, -0.2) is 4.99 Å². The number of ether oxygens (including phenoxy) is 1. The quantitative estimate of drug-likeness (QED) is 0.327. The molecule has 0 spiro atoms. The number of alkyl halides is 2. The van der Waals surface area contributed by atoms with E-state index in [0.717, 1.165) is 17.7 Å². The molecule has 162 valence electrons. The summed E-state index contributed by atoms with van der Waals surface area (Å²) in [5, 5.41) is 6.07. The molecule has 0 fully saturated rings. The predicted molar refractivity (Wildman–Crippen MR) is 124 cm³/mol. The summed E-state index contributed by atoms with van der Waals surface area (Å²) in [6.07, 6.45) is 0.844. The number of rotatable bonds is 7. The van der Waals surface area contributed by atoms with Crippen molar-refractivity contribution in [2.75, 3.05) is 24.5 Å². The van der Waals surface area contributed by atoms with Crippen molar-refractivity contribution in [1.29, 1.82) is 0 Å². The molecule has 30 heavy (non-hydrogen) atoms. The lowest BCUT2D eigenvalue weighted by atomic mass is 10.2. The maximum Gasteiger partial charge on any atom is 0.387 e. The van der Waals surface area contributed by atoms with Crippen LogP contribution in [0.4, 0.5) is 14.5 Å². The standard InChI is InChI=1S/C21H24F2N4O2.HI/c1-2-24-21(25-13-16-8-4-6-10-18(16)29-20(22)23)26-14-19(28)27-12-11-15-7-3-5-9-17(15)27;/h3-10,20H,2,11-14H2,1H3,(H2,24,25,26);1H. The first kappa shape index (κ1) is 23.8. The molecule has 1 amide bonds. The second-order valence-corrected chi connectivity index (χ2v) is 6.46. The molecule has 0 atom stereocenters. The smallest absolute Gasteiger partial charge is 0.387 e. The average molecular weight is 530 g/mol. The largest absolute Gasteiger partial charge is 0.434 e. The molecule has 0 unspecified atom stereocenters. The summed E-state index contributed by atoms with van der Waals surface area (Å²) < 4.78 is 29.6. The van der Waals surface area contributed by atoms with Crippen molar-refractivity contribution < 1.29 is 18.3 Å². The van der Waals surface area contributed by atoms with Crippen LogP contribution < -0.4 is 20.3 Å². The van der Waals surface area contributed by atoms with E-state index in [2.05, 4.69) is 20.4 Å². The Hall–Kier alpha value is -2.43. The van der Waals surface area contributed by atoms with E-state index in [0.29, 0.717) is 24.6 Å². The number of halogens is 3. The number of anilines is 1. The van der Waals surface area contributed by atoms with Crippen molar-refractivity contribution in [3.05, 3.63) is 59.7 Å². The Kier molecular flexibility index (Phi) is 9.28. The van der Waals surface area contributed by atoms with Crippen LogP contribution in [0.2, 0.25) is 0 Å².